The molecule has 0 radical (unpaired) electrons. The molecule has 4 heteroatoms. The minimum atomic E-state index is 0.695. The number of nitrogens with two attached hydrogens (primary N) is 1. The monoisotopic (exact) mass is 212 g/mol. The summed E-state index contributed by atoms with van der Waals surface area (Å²) in [6.45, 7) is 0.847. The smallest absolute Gasteiger partial charge is 0.122 e. The van der Waals surface area contributed by atoms with E-state index >= 15 is 0 Å². The average Bonchev–Trinajstić information content (AvgIpc) is 2.75. The van der Waals surface area contributed by atoms with Crippen LogP contribution < -0.4 is 10.7 Å². The number of benzene rings is 1. The molecule has 0 saturated heterocycles. The third-order valence-electron chi connectivity index (χ3n) is 2.73. The minimum Gasteiger partial charge on any atom is -0.386 e. The highest BCUT2D eigenvalue weighted by atomic mass is 15.5. The van der Waals surface area contributed by atoms with Gasteiger partial charge in [-0.15, -0.1) is 0 Å². The maximum absolute atomic E-state index is 5.70. The number of pyridine rings is 1. The quantitative estimate of drug-likeness (QED) is 0.783. The van der Waals surface area contributed by atoms with Gasteiger partial charge in [0.25, 0.3) is 0 Å². The highest BCUT2D eigenvalue weighted by molar-refractivity contribution is 5.93. The van der Waals surface area contributed by atoms with Crippen LogP contribution in [0.2, 0.25) is 0 Å². The van der Waals surface area contributed by atoms with Crippen LogP contribution in [0.4, 0.5) is 5.69 Å². The highest BCUT2D eigenvalue weighted by Gasteiger charge is 2.15. The molecule has 0 spiro atoms. The Labute approximate surface area is 93.4 Å². The van der Waals surface area contributed by atoms with Crippen molar-refractivity contribution in [2.24, 2.45) is 10.8 Å². The molecule has 2 heterocycles. The summed E-state index contributed by atoms with van der Waals surface area (Å²) >= 11 is 0. The molecular formula is C12H12N4. The van der Waals surface area contributed by atoms with E-state index in [-0.39, 0.29) is 0 Å². The Morgan fingerprint density at radius 3 is 2.94 bits per heavy atom. The van der Waals surface area contributed by atoms with Crippen molar-refractivity contribution in [2.75, 3.05) is 11.6 Å². The topological polar surface area (TPSA) is 54.5 Å². The second kappa shape index (κ2) is 3.48. The zero-order valence-corrected chi connectivity index (χ0v) is 8.80. The van der Waals surface area contributed by atoms with Crippen molar-refractivity contribution >= 4 is 22.4 Å². The fourth-order valence-corrected chi connectivity index (χ4v) is 1.96. The van der Waals surface area contributed by atoms with Gasteiger partial charge in [0, 0.05) is 24.5 Å². The van der Waals surface area contributed by atoms with Gasteiger partial charge < -0.3 is 5.73 Å². The average molecular weight is 212 g/mol. The van der Waals surface area contributed by atoms with Gasteiger partial charge in [-0.3, -0.25) is 9.99 Å². The van der Waals surface area contributed by atoms with Gasteiger partial charge in [0.1, 0.15) is 5.84 Å². The largest absolute Gasteiger partial charge is 0.386 e. The van der Waals surface area contributed by atoms with Gasteiger partial charge in [0.15, 0.2) is 0 Å². The van der Waals surface area contributed by atoms with Gasteiger partial charge in [0.2, 0.25) is 0 Å². The first-order valence-corrected chi connectivity index (χ1v) is 5.29. The lowest BCUT2D eigenvalue weighted by molar-refractivity contribution is 0.927. The van der Waals surface area contributed by atoms with Crippen LogP contribution in [0, 0.1) is 0 Å². The van der Waals surface area contributed by atoms with Crippen LogP contribution >= 0.6 is 0 Å². The number of nitrogens with zero attached hydrogens (tertiary/aromatic N) is 3. The van der Waals surface area contributed by atoms with Gasteiger partial charge in [-0.25, -0.2) is 0 Å². The number of hydrazone groups is 1. The van der Waals surface area contributed by atoms with Gasteiger partial charge in [0.05, 0.1) is 11.2 Å². The number of fused-ring (bicyclic) bond motifs is 1. The minimum absolute atomic E-state index is 0.695. The highest BCUT2D eigenvalue weighted by Crippen LogP contribution is 2.27. The zero-order valence-electron chi connectivity index (χ0n) is 8.80. The van der Waals surface area contributed by atoms with Crippen LogP contribution in [0.1, 0.15) is 6.42 Å². The first-order chi connectivity index (χ1) is 7.84. The van der Waals surface area contributed by atoms with Gasteiger partial charge in [-0.1, -0.05) is 6.07 Å². The van der Waals surface area contributed by atoms with E-state index in [0.29, 0.717) is 5.84 Å². The SMILES string of the molecule is NC1=NN(c2cccc3ncccc23)CC1. The molecule has 0 atom stereocenters. The molecule has 2 N–H and O–H groups in total. The first-order valence-electron chi connectivity index (χ1n) is 5.29. The lowest BCUT2D eigenvalue weighted by Crippen LogP contribution is -2.12. The van der Waals surface area contributed by atoms with Crippen LogP contribution in [-0.2, 0) is 0 Å². The van der Waals surface area contributed by atoms with Crippen LogP contribution in [0.3, 0.4) is 0 Å². The molecule has 1 aliphatic heterocycles. The summed E-state index contributed by atoms with van der Waals surface area (Å²) in [5, 5.41) is 7.37. The summed E-state index contributed by atoms with van der Waals surface area (Å²) in [6.07, 6.45) is 2.63. The summed E-state index contributed by atoms with van der Waals surface area (Å²) in [6, 6.07) is 10.0. The van der Waals surface area contributed by atoms with E-state index in [4.69, 9.17) is 5.73 Å². The van der Waals surface area contributed by atoms with Crippen molar-refractivity contribution < 1.29 is 0 Å². The molecule has 1 aliphatic rings. The molecule has 0 unspecified atom stereocenters. The predicted molar refractivity (Wildman–Crippen MR) is 65.3 cm³/mol. The van der Waals surface area contributed by atoms with Crippen molar-refractivity contribution in [3.05, 3.63) is 36.5 Å². The summed E-state index contributed by atoms with van der Waals surface area (Å²) in [5.41, 5.74) is 7.76. The number of amidine groups is 1. The summed E-state index contributed by atoms with van der Waals surface area (Å²) in [5.74, 6) is 0.695. The molecule has 0 fully saturated rings. The molecule has 2 aromatic rings. The molecular weight excluding hydrogens is 200 g/mol. The van der Waals surface area contributed by atoms with Crippen molar-refractivity contribution in [1.29, 1.82) is 0 Å². The van der Waals surface area contributed by atoms with E-state index in [1.54, 1.807) is 6.20 Å². The maximum Gasteiger partial charge on any atom is 0.122 e. The van der Waals surface area contributed by atoms with Gasteiger partial charge in [-0.2, -0.15) is 5.10 Å². The third-order valence-corrected chi connectivity index (χ3v) is 2.73. The number of hydrogen-bond donors (Lipinski definition) is 1. The van der Waals surface area contributed by atoms with E-state index < -0.39 is 0 Å². The number of aromatic nitrogens is 1. The van der Waals surface area contributed by atoms with Crippen LogP contribution in [0.5, 0.6) is 0 Å². The standard InChI is InChI=1S/C12H12N4/c13-12-6-8-16(15-12)11-5-1-4-10-9(11)3-2-7-14-10/h1-5,7H,6,8H2,(H2,13,15). The molecule has 0 bridgehead atoms. The Morgan fingerprint density at radius 1 is 1.19 bits per heavy atom. The maximum atomic E-state index is 5.70. The molecule has 80 valence electrons. The molecule has 3 rings (SSSR count). The van der Waals surface area contributed by atoms with Crippen molar-refractivity contribution in [2.45, 2.75) is 6.42 Å². The zero-order chi connectivity index (χ0) is 11.0. The predicted octanol–water partition coefficient (Wildman–Crippen LogP) is 1.72. The fraction of sp³-hybridized carbons (Fsp3) is 0.167. The lowest BCUT2D eigenvalue weighted by Gasteiger charge is -2.15. The number of hydrogen-bond acceptors (Lipinski definition) is 4. The number of rotatable bonds is 1. The Morgan fingerprint density at radius 2 is 2.12 bits per heavy atom. The van der Waals surface area contributed by atoms with Crippen molar-refractivity contribution in [3.63, 3.8) is 0 Å². The fourth-order valence-electron chi connectivity index (χ4n) is 1.96. The Balaban J connectivity index is 2.17. The summed E-state index contributed by atoms with van der Waals surface area (Å²) in [4.78, 5) is 4.33. The van der Waals surface area contributed by atoms with E-state index in [2.05, 4.69) is 16.2 Å². The van der Waals surface area contributed by atoms with Crippen molar-refractivity contribution in [3.8, 4) is 0 Å². The third kappa shape index (κ3) is 1.39. The van der Waals surface area contributed by atoms with Crippen LogP contribution in [-0.4, -0.2) is 17.4 Å². The molecule has 0 aliphatic carbocycles. The second-order valence-electron chi connectivity index (χ2n) is 3.81. The lowest BCUT2D eigenvalue weighted by atomic mass is 10.2. The van der Waals surface area contributed by atoms with E-state index in [1.165, 1.54) is 0 Å². The summed E-state index contributed by atoms with van der Waals surface area (Å²) < 4.78 is 0. The normalized spacial score (nSPS) is 15.5. The van der Waals surface area contributed by atoms with Crippen LogP contribution in [0.15, 0.2) is 41.6 Å². The molecule has 0 amide bonds. The van der Waals surface area contributed by atoms with Gasteiger partial charge in [-0.05, 0) is 24.3 Å². The molecule has 16 heavy (non-hydrogen) atoms. The Bertz CT molecular complexity index is 556. The molecule has 4 nitrogen and oxygen atoms in total. The number of anilines is 1. The Kier molecular flexibility index (Phi) is 1.99. The first kappa shape index (κ1) is 9.15. The summed E-state index contributed by atoms with van der Waals surface area (Å²) in [7, 11) is 0. The van der Waals surface area contributed by atoms with E-state index in [9.17, 15) is 0 Å². The van der Waals surface area contributed by atoms with E-state index in [1.807, 2.05) is 29.3 Å². The van der Waals surface area contributed by atoms with E-state index in [0.717, 1.165) is 29.6 Å². The van der Waals surface area contributed by atoms with Gasteiger partial charge >= 0.3 is 0 Å². The second-order valence-corrected chi connectivity index (χ2v) is 3.81. The Hall–Kier alpha value is -2.10. The molecule has 1 aromatic carbocycles. The van der Waals surface area contributed by atoms with Crippen molar-refractivity contribution in [1.82, 2.24) is 4.98 Å². The van der Waals surface area contributed by atoms with Crippen LogP contribution in [0.25, 0.3) is 10.9 Å². The molecule has 0 saturated carbocycles. The molecule has 1 aromatic heterocycles.